The molecule has 1 aromatic rings. The molecule has 2 heterocycles. The molecule has 1 unspecified atom stereocenters. The molecular formula is C7H12ClN5O. The molecule has 2 rings (SSSR count). The Morgan fingerprint density at radius 2 is 2.50 bits per heavy atom. The summed E-state index contributed by atoms with van der Waals surface area (Å²) in [4.78, 5) is 2.08. The van der Waals surface area contributed by atoms with Gasteiger partial charge in [0.15, 0.2) is 0 Å². The highest BCUT2D eigenvalue weighted by Gasteiger charge is 2.25. The number of tetrazole rings is 1. The predicted molar refractivity (Wildman–Crippen MR) is 51.5 cm³/mol. The summed E-state index contributed by atoms with van der Waals surface area (Å²) in [6.07, 6.45) is 0. The summed E-state index contributed by atoms with van der Waals surface area (Å²) in [5.74, 6) is 1.27. The van der Waals surface area contributed by atoms with E-state index in [1.165, 1.54) is 0 Å². The zero-order valence-electron chi connectivity index (χ0n) is 7.93. The van der Waals surface area contributed by atoms with Gasteiger partial charge in [-0.05, 0) is 10.4 Å². The van der Waals surface area contributed by atoms with Crippen LogP contribution in [0.5, 0.6) is 0 Å². The number of anilines is 1. The molecule has 0 radical (unpaired) electrons. The molecule has 0 spiro atoms. The summed E-state index contributed by atoms with van der Waals surface area (Å²) in [5.41, 5.74) is 0. The second kappa shape index (κ2) is 4.10. The largest absolute Gasteiger partial charge is 0.377 e. The minimum Gasteiger partial charge on any atom is -0.377 e. The van der Waals surface area contributed by atoms with Gasteiger partial charge in [0.25, 0.3) is 0 Å². The zero-order valence-corrected chi connectivity index (χ0v) is 8.68. The van der Waals surface area contributed by atoms with E-state index >= 15 is 0 Å². The van der Waals surface area contributed by atoms with Gasteiger partial charge in [-0.15, -0.1) is 11.6 Å². The summed E-state index contributed by atoms with van der Waals surface area (Å²) < 4.78 is 6.98. The van der Waals surface area contributed by atoms with Gasteiger partial charge in [-0.1, -0.05) is 5.10 Å². The third-order valence-corrected chi connectivity index (χ3v) is 2.62. The number of alkyl halides is 1. The fourth-order valence-electron chi connectivity index (χ4n) is 1.51. The molecule has 1 aromatic heterocycles. The van der Waals surface area contributed by atoms with E-state index in [1.807, 2.05) is 7.05 Å². The van der Waals surface area contributed by atoms with Crippen LogP contribution in [-0.2, 0) is 11.8 Å². The van der Waals surface area contributed by atoms with Crippen LogP contribution >= 0.6 is 11.6 Å². The molecular weight excluding hydrogens is 206 g/mol. The van der Waals surface area contributed by atoms with E-state index in [2.05, 4.69) is 20.4 Å². The summed E-state index contributed by atoms with van der Waals surface area (Å²) >= 11 is 5.84. The smallest absolute Gasteiger partial charge is 0.245 e. The quantitative estimate of drug-likeness (QED) is 0.634. The maximum absolute atomic E-state index is 5.84. The third kappa shape index (κ3) is 1.67. The highest BCUT2D eigenvalue weighted by Crippen LogP contribution is 2.15. The van der Waals surface area contributed by atoms with Crippen molar-refractivity contribution < 1.29 is 4.74 Å². The fourth-order valence-corrected chi connectivity index (χ4v) is 1.77. The van der Waals surface area contributed by atoms with Crippen LogP contribution in [0.25, 0.3) is 0 Å². The maximum atomic E-state index is 5.84. The molecule has 0 amide bonds. The van der Waals surface area contributed by atoms with Crippen LogP contribution in [0, 0.1) is 0 Å². The fraction of sp³-hybridized carbons (Fsp3) is 0.857. The van der Waals surface area contributed by atoms with Crippen LogP contribution in [0.2, 0.25) is 0 Å². The lowest BCUT2D eigenvalue weighted by Gasteiger charge is -2.34. The van der Waals surface area contributed by atoms with Crippen LogP contribution in [0.4, 0.5) is 5.95 Å². The first-order valence-corrected chi connectivity index (χ1v) is 4.99. The highest BCUT2D eigenvalue weighted by molar-refractivity contribution is 6.18. The Kier molecular flexibility index (Phi) is 2.83. The van der Waals surface area contributed by atoms with Gasteiger partial charge >= 0.3 is 0 Å². The Balaban J connectivity index is 2.19. The molecule has 0 N–H and O–H groups in total. The van der Waals surface area contributed by atoms with Gasteiger partial charge in [0.1, 0.15) is 0 Å². The minimum atomic E-state index is 0.162. The topological polar surface area (TPSA) is 56.1 Å². The molecule has 0 aromatic carbocycles. The Labute approximate surface area is 86.8 Å². The van der Waals surface area contributed by atoms with Crippen molar-refractivity contribution >= 4 is 17.5 Å². The van der Waals surface area contributed by atoms with E-state index in [0.29, 0.717) is 19.1 Å². The van der Waals surface area contributed by atoms with Crippen LogP contribution < -0.4 is 4.90 Å². The van der Waals surface area contributed by atoms with Crippen molar-refractivity contribution in [3.8, 4) is 0 Å². The lowest BCUT2D eigenvalue weighted by Crippen LogP contribution is -2.47. The molecule has 78 valence electrons. The van der Waals surface area contributed by atoms with Crippen molar-refractivity contribution in [3.63, 3.8) is 0 Å². The summed E-state index contributed by atoms with van der Waals surface area (Å²) in [6, 6.07) is 0.162. The molecule has 0 aliphatic carbocycles. The first-order valence-electron chi connectivity index (χ1n) is 4.45. The van der Waals surface area contributed by atoms with Crippen LogP contribution in [0.3, 0.4) is 0 Å². The molecule has 1 aliphatic rings. The Morgan fingerprint density at radius 1 is 1.64 bits per heavy atom. The molecule has 14 heavy (non-hydrogen) atoms. The lowest BCUT2D eigenvalue weighted by atomic mass is 10.3. The molecule has 1 fully saturated rings. The van der Waals surface area contributed by atoms with E-state index < -0.39 is 0 Å². The van der Waals surface area contributed by atoms with Gasteiger partial charge in [-0.3, -0.25) is 0 Å². The number of aryl methyl sites for hydroxylation is 1. The van der Waals surface area contributed by atoms with E-state index in [0.717, 1.165) is 12.5 Å². The molecule has 0 bridgehead atoms. The summed E-state index contributed by atoms with van der Waals surface area (Å²) in [5, 5.41) is 11.3. The number of ether oxygens (including phenoxy) is 1. The number of nitrogens with zero attached hydrogens (tertiary/aromatic N) is 5. The number of halogens is 1. The second-order valence-corrected chi connectivity index (χ2v) is 3.49. The number of rotatable bonds is 2. The predicted octanol–water partition coefficient (Wildman–Crippen LogP) is -0.346. The SMILES string of the molecule is Cn1nnnc1N1CCOCC1CCl. The van der Waals surface area contributed by atoms with Crippen LogP contribution in [0.1, 0.15) is 0 Å². The average molecular weight is 218 g/mol. The third-order valence-electron chi connectivity index (χ3n) is 2.26. The van der Waals surface area contributed by atoms with Gasteiger partial charge in [0.2, 0.25) is 5.95 Å². The van der Waals surface area contributed by atoms with Crippen molar-refractivity contribution in [2.45, 2.75) is 6.04 Å². The van der Waals surface area contributed by atoms with Gasteiger partial charge < -0.3 is 9.64 Å². The van der Waals surface area contributed by atoms with E-state index in [4.69, 9.17) is 16.3 Å². The van der Waals surface area contributed by atoms with Crippen molar-refractivity contribution in [1.29, 1.82) is 0 Å². The number of hydrogen-bond acceptors (Lipinski definition) is 5. The van der Waals surface area contributed by atoms with Crippen molar-refractivity contribution in [2.24, 2.45) is 7.05 Å². The van der Waals surface area contributed by atoms with Gasteiger partial charge in [0, 0.05) is 19.5 Å². The van der Waals surface area contributed by atoms with Gasteiger partial charge in [0.05, 0.1) is 19.3 Å². The van der Waals surface area contributed by atoms with Crippen molar-refractivity contribution in [2.75, 3.05) is 30.5 Å². The molecule has 1 atom stereocenters. The standard InChI is InChI=1S/C7H12ClN5O/c1-12-7(9-10-11-12)13-2-3-14-5-6(13)4-8/h6H,2-5H2,1H3. The maximum Gasteiger partial charge on any atom is 0.245 e. The average Bonchev–Trinajstić information content (AvgIpc) is 2.64. The molecule has 1 saturated heterocycles. The first kappa shape index (κ1) is 9.67. The lowest BCUT2D eigenvalue weighted by molar-refractivity contribution is 0.0985. The molecule has 7 heteroatoms. The van der Waals surface area contributed by atoms with E-state index in [1.54, 1.807) is 4.68 Å². The number of hydrogen-bond donors (Lipinski definition) is 0. The first-order chi connectivity index (χ1) is 6.83. The van der Waals surface area contributed by atoms with Crippen LogP contribution in [0.15, 0.2) is 0 Å². The Bertz CT molecular complexity index is 304. The monoisotopic (exact) mass is 217 g/mol. The zero-order chi connectivity index (χ0) is 9.97. The highest BCUT2D eigenvalue weighted by atomic mass is 35.5. The summed E-state index contributed by atoms with van der Waals surface area (Å²) in [7, 11) is 1.82. The van der Waals surface area contributed by atoms with Gasteiger partial charge in [-0.2, -0.15) is 0 Å². The molecule has 0 saturated carbocycles. The van der Waals surface area contributed by atoms with E-state index in [9.17, 15) is 0 Å². The van der Waals surface area contributed by atoms with E-state index in [-0.39, 0.29) is 6.04 Å². The molecule has 6 nitrogen and oxygen atoms in total. The number of morpholine rings is 1. The van der Waals surface area contributed by atoms with Crippen LogP contribution in [-0.4, -0.2) is 51.9 Å². The van der Waals surface area contributed by atoms with Crippen molar-refractivity contribution in [3.05, 3.63) is 0 Å². The Morgan fingerprint density at radius 3 is 3.14 bits per heavy atom. The second-order valence-electron chi connectivity index (χ2n) is 3.18. The Hall–Kier alpha value is -0.880. The molecule has 1 aliphatic heterocycles. The minimum absolute atomic E-state index is 0.162. The number of aromatic nitrogens is 4. The van der Waals surface area contributed by atoms with Crippen molar-refractivity contribution in [1.82, 2.24) is 20.2 Å². The normalized spacial score (nSPS) is 22.7. The summed E-state index contributed by atoms with van der Waals surface area (Å²) in [6.45, 7) is 2.11. The van der Waals surface area contributed by atoms with Gasteiger partial charge in [-0.25, -0.2) is 4.68 Å².